The summed E-state index contributed by atoms with van der Waals surface area (Å²) in [6.07, 6.45) is -15.5. The maximum atomic E-state index is 12.7. The van der Waals surface area contributed by atoms with Crippen LogP contribution in [0.3, 0.4) is 0 Å². The van der Waals surface area contributed by atoms with E-state index in [1.165, 1.54) is 0 Å². The highest BCUT2D eigenvalue weighted by Gasteiger charge is 2.60. The van der Waals surface area contributed by atoms with Crippen LogP contribution in [0.1, 0.15) is 19.4 Å². The van der Waals surface area contributed by atoms with Crippen LogP contribution < -0.4 is 10.6 Å². The van der Waals surface area contributed by atoms with Crippen molar-refractivity contribution >= 4 is 29.1 Å². The van der Waals surface area contributed by atoms with Crippen LogP contribution in [-0.4, -0.2) is 85.4 Å². The molecule has 7 nitrogen and oxygen atoms in total. The van der Waals surface area contributed by atoms with Crippen LogP contribution in [0.4, 0.5) is 36.8 Å². The molecule has 0 saturated carbocycles. The Morgan fingerprint density at radius 1 is 1.14 bits per heavy atom. The van der Waals surface area contributed by atoms with Gasteiger partial charge in [0.05, 0.1) is 6.04 Å². The third kappa shape index (κ3) is 7.91. The van der Waals surface area contributed by atoms with Crippen molar-refractivity contribution in [1.82, 2.24) is 9.80 Å². The van der Waals surface area contributed by atoms with E-state index in [1.807, 2.05) is 24.0 Å². The normalized spacial score (nSPS) is 18.9. The zero-order chi connectivity index (χ0) is 27.5. The number of carbonyl (C=O) groups is 1. The molecule has 206 valence electrons. The minimum absolute atomic E-state index is 0.0714. The fourth-order valence-corrected chi connectivity index (χ4v) is 4.34. The maximum absolute atomic E-state index is 12.7. The van der Waals surface area contributed by atoms with E-state index in [-0.39, 0.29) is 32.2 Å². The molecule has 3 rings (SSSR count). The SMILES string of the molecule is CC(N)=CC(C)=NC1CN(c2cc(Cl)ccc2CN2CCN(C(=O)OC(C(F)(F)F)C(F)(F)F)CC2)C1. The second kappa shape index (κ2) is 11.4. The molecule has 0 aromatic heterocycles. The highest BCUT2D eigenvalue weighted by atomic mass is 35.5. The molecule has 2 aliphatic heterocycles. The number of benzene rings is 1. The van der Waals surface area contributed by atoms with Crippen LogP contribution in [-0.2, 0) is 11.3 Å². The van der Waals surface area contributed by atoms with Crippen molar-refractivity contribution in [2.75, 3.05) is 44.2 Å². The van der Waals surface area contributed by atoms with Gasteiger partial charge in [-0.05, 0) is 37.6 Å². The Balaban J connectivity index is 1.58. The fraction of sp³-hybridized carbons (Fsp3) is 0.565. The van der Waals surface area contributed by atoms with E-state index in [1.54, 1.807) is 19.1 Å². The number of amides is 1. The molecule has 37 heavy (non-hydrogen) atoms. The molecule has 1 aromatic carbocycles. The van der Waals surface area contributed by atoms with E-state index in [4.69, 9.17) is 17.3 Å². The lowest BCUT2D eigenvalue weighted by Gasteiger charge is -2.41. The Hall–Kier alpha value is -2.67. The molecule has 0 aliphatic carbocycles. The van der Waals surface area contributed by atoms with Gasteiger partial charge in [-0.25, -0.2) is 4.79 Å². The van der Waals surface area contributed by atoms with Gasteiger partial charge >= 0.3 is 18.4 Å². The van der Waals surface area contributed by atoms with Gasteiger partial charge in [0, 0.05) is 67.9 Å². The predicted molar refractivity (Wildman–Crippen MR) is 128 cm³/mol. The third-order valence-electron chi connectivity index (χ3n) is 5.91. The van der Waals surface area contributed by atoms with Crippen molar-refractivity contribution in [3.8, 4) is 0 Å². The molecule has 0 unspecified atom stereocenters. The molecule has 0 spiro atoms. The summed E-state index contributed by atoms with van der Waals surface area (Å²) >= 11 is 6.21. The molecule has 0 radical (unpaired) electrons. The predicted octanol–water partition coefficient (Wildman–Crippen LogP) is 4.60. The quantitative estimate of drug-likeness (QED) is 0.410. The lowest BCUT2D eigenvalue weighted by molar-refractivity contribution is -0.308. The largest absolute Gasteiger partial charge is 0.434 e. The summed E-state index contributed by atoms with van der Waals surface area (Å²) in [5.41, 5.74) is 9.06. The van der Waals surface area contributed by atoms with E-state index in [0.717, 1.165) is 21.9 Å². The van der Waals surface area contributed by atoms with Crippen LogP contribution in [0.25, 0.3) is 0 Å². The number of nitrogens with two attached hydrogens (primary N) is 1. The number of allylic oxidation sites excluding steroid dienone is 2. The number of halogens is 7. The van der Waals surface area contributed by atoms with Crippen LogP contribution in [0.15, 0.2) is 35.0 Å². The molecule has 2 aliphatic rings. The molecule has 2 fully saturated rings. The Labute approximate surface area is 215 Å². The van der Waals surface area contributed by atoms with Gasteiger partial charge in [-0.2, -0.15) is 26.3 Å². The Morgan fingerprint density at radius 3 is 2.27 bits per heavy atom. The lowest BCUT2D eigenvalue weighted by Crippen LogP contribution is -2.53. The number of ether oxygens (including phenoxy) is 1. The molecule has 1 amide bonds. The zero-order valence-corrected chi connectivity index (χ0v) is 21.0. The van der Waals surface area contributed by atoms with Crippen molar-refractivity contribution in [2.45, 2.75) is 44.9 Å². The Kier molecular flexibility index (Phi) is 8.89. The van der Waals surface area contributed by atoms with Gasteiger partial charge in [0.25, 0.3) is 6.10 Å². The summed E-state index contributed by atoms with van der Waals surface area (Å²) in [4.78, 5) is 21.6. The molecule has 0 atom stereocenters. The van der Waals surface area contributed by atoms with Crippen LogP contribution >= 0.6 is 11.6 Å². The van der Waals surface area contributed by atoms with Gasteiger partial charge in [-0.3, -0.25) is 9.89 Å². The first-order valence-electron chi connectivity index (χ1n) is 11.5. The minimum Gasteiger partial charge on any atom is -0.426 e. The second-order valence-corrected chi connectivity index (χ2v) is 9.54. The van der Waals surface area contributed by atoms with E-state index < -0.39 is 24.5 Å². The molecule has 0 bridgehead atoms. The number of nitrogens with zero attached hydrogens (tertiary/aromatic N) is 4. The number of anilines is 1. The summed E-state index contributed by atoms with van der Waals surface area (Å²) in [6.45, 7) is 5.84. The van der Waals surface area contributed by atoms with Gasteiger partial charge in [0.1, 0.15) is 0 Å². The number of hydrogen-bond acceptors (Lipinski definition) is 6. The minimum atomic E-state index is -5.75. The summed E-state index contributed by atoms with van der Waals surface area (Å²) in [7, 11) is 0. The van der Waals surface area contributed by atoms with E-state index in [9.17, 15) is 31.1 Å². The maximum Gasteiger partial charge on any atom is 0.434 e. The summed E-state index contributed by atoms with van der Waals surface area (Å²) < 4.78 is 80.0. The van der Waals surface area contributed by atoms with Crippen molar-refractivity contribution in [1.29, 1.82) is 0 Å². The highest BCUT2D eigenvalue weighted by Crippen LogP contribution is 2.36. The summed E-state index contributed by atoms with van der Waals surface area (Å²) in [5, 5.41) is 0.556. The van der Waals surface area contributed by atoms with Crippen molar-refractivity contribution in [2.24, 2.45) is 10.7 Å². The first-order valence-corrected chi connectivity index (χ1v) is 11.8. The van der Waals surface area contributed by atoms with Crippen LogP contribution in [0, 0.1) is 0 Å². The van der Waals surface area contributed by atoms with Crippen LogP contribution in [0.5, 0.6) is 0 Å². The first kappa shape index (κ1) is 28.9. The smallest absolute Gasteiger partial charge is 0.426 e. The van der Waals surface area contributed by atoms with E-state index >= 15 is 0 Å². The van der Waals surface area contributed by atoms with Gasteiger partial charge in [0.2, 0.25) is 0 Å². The van der Waals surface area contributed by atoms with E-state index in [2.05, 4.69) is 14.6 Å². The van der Waals surface area contributed by atoms with E-state index in [0.29, 0.717) is 30.4 Å². The molecule has 2 heterocycles. The molecule has 1 aromatic rings. The summed E-state index contributed by atoms with van der Waals surface area (Å²) in [5.74, 6) is 0. The van der Waals surface area contributed by atoms with Crippen molar-refractivity contribution < 1.29 is 35.9 Å². The number of aliphatic imine (C=N–C) groups is 1. The number of carbonyl (C=O) groups excluding carboxylic acids is 1. The van der Waals surface area contributed by atoms with Gasteiger partial charge in [0.15, 0.2) is 0 Å². The Bertz CT molecular complexity index is 1010. The topological polar surface area (TPSA) is 74.4 Å². The average molecular weight is 556 g/mol. The molecule has 2 N–H and O–H groups in total. The van der Waals surface area contributed by atoms with Gasteiger partial charge in [-0.1, -0.05) is 17.7 Å². The summed E-state index contributed by atoms with van der Waals surface area (Å²) in [6, 6.07) is 5.57. The standard InChI is InChI=1S/C23H28ClF6N5O2/c1-14(31)9-15(2)32-18-12-35(13-18)19-10-17(24)4-3-16(19)11-33-5-7-34(8-6-33)21(36)37-20(22(25,26)27)23(28,29)30/h3-4,9-10,18,20H,5-8,11-13,31H2,1-2H3. The number of rotatable bonds is 6. The van der Waals surface area contributed by atoms with Crippen LogP contribution in [0.2, 0.25) is 5.02 Å². The number of hydrogen-bond donors (Lipinski definition) is 1. The first-order chi connectivity index (χ1) is 17.1. The number of alkyl halides is 6. The fourth-order valence-electron chi connectivity index (χ4n) is 4.18. The molecular weight excluding hydrogens is 528 g/mol. The van der Waals surface area contributed by atoms with Crippen molar-refractivity contribution in [3.05, 3.63) is 40.6 Å². The second-order valence-electron chi connectivity index (χ2n) is 9.10. The van der Waals surface area contributed by atoms with Crippen molar-refractivity contribution in [3.63, 3.8) is 0 Å². The average Bonchev–Trinajstić information content (AvgIpc) is 2.74. The molecular formula is C23H28ClF6N5O2. The van der Waals surface area contributed by atoms with Gasteiger partial charge < -0.3 is 20.3 Å². The Morgan fingerprint density at radius 2 is 1.73 bits per heavy atom. The highest BCUT2D eigenvalue weighted by molar-refractivity contribution is 6.30. The zero-order valence-electron chi connectivity index (χ0n) is 20.2. The van der Waals surface area contributed by atoms with Gasteiger partial charge in [-0.15, -0.1) is 0 Å². The number of piperazine rings is 1. The third-order valence-corrected chi connectivity index (χ3v) is 6.15. The lowest BCUT2D eigenvalue weighted by atomic mass is 10.0. The molecule has 14 heteroatoms. The monoisotopic (exact) mass is 555 g/mol. The molecule has 2 saturated heterocycles.